The monoisotopic (exact) mass is 312 g/mol. The van der Waals surface area contributed by atoms with Crippen LogP contribution in [0.4, 0.5) is 0 Å². The van der Waals surface area contributed by atoms with E-state index in [-0.39, 0.29) is 30.0 Å². The van der Waals surface area contributed by atoms with Gasteiger partial charge < -0.3 is 14.6 Å². The molecule has 1 aromatic heterocycles. The third kappa shape index (κ3) is 2.59. The molecule has 120 valence electrons. The van der Waals surface area contributed by atoms with Crippen molar-refractivity contribution in [1.29, 1.82) is 0 Å². The number of aliphatic hydroxyl groups is 1. The third-order valence-electron chi connectivity index (χ3n) is 3.63. The highest BCUT2D eigenvalue weighted by Gasteiger charge is 2.52. The summed E-state index contributed by atoms with van der Waals surface area (Å²) in [6.07, 6.45) is -3.07. The number of ether oxygens (including phenoxy) is 2. The average molecular weight is 312 g/mol. The van der Waals surface area contributed by atoms with Crippen LogP contribution >= 0.6 is 0 Å². The minimum atomic E-state index is -2.97. The van der Waals surface area contributed by atoms with Gasteiger partial charge >= 0.3 is 5.97 Å². The van der Waals surface area contributed by atoms with Crippen LogP contribution in [0.3, 0.4) is 0 Å². The van der Waals surface area contributed by atoms with Gasteiger partial charge in [-0.3, -0.25) is 9.59 Å². The van der Waals surface area contributed by atoms with Crippen LogP contribution in [0.5, 0.6) is 5.88 Å². The minimum absolute atomic E-state index is 0.0703. The molecular formula is C16H21NO5. The van der Waals surface area contributed by atoms with Crippen LogP contribution < -0.4 is 4.74 Å². The number of carbonyl (C=O) groups excluding carboxylic acids is 2. The van der Waals surface area contributed by atoms with E-state index in [2.05, 4.69) is 4.98 Å². The summed E-state index contributed by atoms with van der Waals surface area (Å²) in [4.78, 5) is 30.0. The summed E-state index contributed by atoms with van der Waals surface area (Å²) in [6, 6.07) is 2.68. The number of hydrogen-bond acceptors (Lipinski definition) is 6. The Kier molecular flexibility index (Phi) is 3.14. The van der Waals surface area contributed by atoms with Gasteiger partial charge in [-0.25, -0.2) is 4.98 Å². The number of aromatic nitrogens is 1. The number of esters is 1. The highest BCUT2D eigenvalue weighted by Crippen LogP contribution is 2.40. The highest BCUT2D eigenvalue weighted by molar-refractivity contribution is 6.10. The second-order valence-corrected chi connectivity index (χ2v) is 4.89. The fourth-order valence-electron chi connectivity index (χ4n) is 2.60. The van der Waals surface area contributed by atoms with Gasteiger partial charge in [-0.2, -0.15) is 0 Å². The van der Waals surface area contributed by atoms with E-state index in [0.717, 1.165) is 7.11 Å². The van der Waals surface area contributed by atoms with E-state index in [0.29, 0.717) is 0 Å². The molecule has 22 heavy (non-hydrogen) atoms. The number of aliphatic hydroxyl groups excluding tert-OH is 1. The molecule has 2 unspecified atom stereocenters. The number of fused-ring (bicyclic) bond motifs is 1. The molecule has 0 bridgehead atoms. The van der Waals surface area contributed by atoms with Gasteiger partial charge in [0.2, 0.25) is 5.88 Å². The zero-order chi connectivity index (χ0) is 20.6. The van der Waals surface area contributed by atoms with Crippen LogP contribution in [0, 0.1) is 5.92 Å². The molecule has 2 rings (SSSR count). The van der Waals surface area contributed by atoms with E-state index in [4.69, 9.17) is 16.3 Å². The molecule has 1 heterocycles. The van der Waals surface area contributed by atoms with Crippen molar-refractivity contribution < 1.29 is 31.0 Å². The molecular weight excluding hydrogens is 286 g/mol. The molecule has 0 spiro atoms. The summed E-state index contributed by atoms with van der Waals surface area (Å²) >= 11 is 0. The van der Waals surface area contributed by atoms with E-state index in [1.165, 1.54) is 19.2 Å². The molecule has 1 aliphatic rings. The summed E-state index contributed by atoms with van der Waals surface area (Å²) < 4.78 is 49.7. The Balaban J connectivity index is 2.86. The van der Waals surface area contributed by atoms with Crippen molar-refractivity contribution in [2.75, 3.05) is 20.8 Å². The first-order chi connectivity index (χ1) is 12.5. The molecule has 0 amide bonds. The lowest BCUT2D eigenvalue weighted by Crippen LogP contribution is -2.49. The quantitative estimate of drug-likeness (QED) is 0.646. The van der Waals surface area contributed by atoms with Crippen molar-refractivity contribution in [1.82, 2.24) is 4.98 Å². The van der Waals surface area contributed by atoms with E-state index in [1.807, 2.05) is 0 Å². The fraction of sp³-hybridized carbons (Fsp3) is 0.562. The number of hydrogen-bond donors (Lipinski definition) is 1. The molecule has 0 aliphatic heterocycles. The molecule has 0 aromatic carbocycles. The molecule has 2 atom stereocenters. The van der Waals surface area contributed by atoms with Crippen LogP contribution in [0.1, 0.15) is 37.8 Å². The van der Waals surface area contributed by atoms with E-state index >= 15 is 0 Å². The SMILES string of the molecule is [2H]C([2H])([2H])C(CO)C([2H])([2H])C1(C(=O)OC)C(=O)CCc2nc(OC)ccc21. The smallest absolute Gasteiger partial charge is 0.323 e. The van der Waals surface area contributed by atoms with Gasteiger partial charge in [-0.1, -0.05) is 12.9 Å². The van der Waals surface area contributed by atoms with Gasteiger partial charge in [0.15, 0.2) is 11.2 Å². The van der Waals surface area contributed by atoms with E-state index in [9.17, 15) is 14.7 Å². The number of methoxy groups -OCH3 is 2. The molecule has 6 heteroatoms. The Hall–Kier alpha value is -1.95. The van der Waals surface area contributed by atoms with Crippen molar-refractivity contribution in [2.24, 2.45) is 5.92 Å². The number of pyridine rings is 1. The normalized spacial score (nSPS) is 26.5. The van der Waals surface area contributed by atoms with Crippen molar-refractivity contribution in [3.05, 3.63) is 23.4 Å². The Bertz CT molecular complexity index is 751. The molecule has 1 aliphatic carbocycles. The Morgan fingerprint density at radius 2 is 2.32 bits per heavy atom. The van der Waals surface area contributed by atoms with Crippen LogP contribution in [-0.4, -0.2) is 42.7 Å². The maximum atomic E-state index is 13.0. The first kappa shape index (κ1) is 10.7. The Labute approximate surface area is 136 Å². The van der Waals surface area contributed by atoms with Gasteiger partial charge in [0.1, 0.15) is 0 Å². The molecule has 1 N–H and O–H groups in total. The zero-order valence-corrected chi connectivity index (χ0v) is 12.4. The Morgan fingerprint density at radius 1 is 1.55 bits per heavy atom. The summed E-state index contributed by atoms with van der Waals surface area (Å²) in [6.45, 7) is -4.05. The van der Waals surface area contributed by atoms with Gasteiger partial charge in [-0.15, -0.1) is 0 Å². The minimum Gasteiger partial charge on any atom is -0.481 e. The van der Waals surface area contributed by atoms with E-state index in [1.54, 1.807) is 0 Å². The standard InChI is InChI=1S/C16H21NO5/c1-10(9-18)8-16(15(20)22-3)11-4-7-14(21-2)17-12(11)5-6-13(16)19/h4,7,10,18H,5-6,8-9H2,1-3H3/i1D3,8D2. The van der Waals surface area contributed by atoms with Crippen LogP contribution in [0.25, 0.3) is 0 Å². The highest BCUT2D eigenvalue weighted by atomic mass is 16.5. The second kappa shape index (κ2) is 6.44. The number of carbonyl (C=O) groups is 2. The lowest BCUT2D eigenvalue weighted by atomic mass is 9.66. The maximum Gasteiger partial charge on any atom is 0.323 e. The largest absolute Gasteiger partial charge is 0.481 e. The zero-order valence-electron chi connectivity index (χ0n) is 17.4. The van der Waals surface area contributed by atoms with Crippen molar-refractivity contribution in [3.63, 3.8) is 0 Å². The van der Waals surface area contributed by atoms with Crippen molar-refractivity contribution in [3.8, 4) is 5.88 Å². The third-order valence-corrected chi connectivity index (χ3v) is 3.63. The van der Waals surface area contributed by atoms with Crippen LogP contribution in [0.2, 0.25) is 0 Å². The van der Waals surface area contributed by atoms with Crippen molar-refractivity contribution >= 4 is 11.8 Å². The summed E-state index contributed by atoms with van der Waals surface area (Å²) in [5.74, 6) is -3.84. The number of nitrogens with zero attached hydrogens (tertiary/aromatic N) is 1. The number of ketones is 1. The fourth-order valence-corrected chi connectivity index (χ4v) is 2.60. The number of rotatable bonds is 5. The first-order valence-corrected chi connectivity index (χ1v) is 6.75. The summed E-state index contributed by atoms with van der Waals surface area (Å²) in [5, 5.41) is 9.61. The lowest BCUT2D eigenvalue weighted by molar-refractivity contribution is -0.153. The van der Waals surface area contributed by atoms with Crippen LogP contribution in [0.15, 0.2) is 12.1 Å². The van der Waals surface area contributed by atoms with Gasteiger partial charge in [-0.05, 0) is 24.3 Å². The molecule has 0 radical (unpaired) electrons. The molecule has 0 saturated heterocycles. The van der Waals surface area contributed by atoms with Crippen LogP contribution in [-0.2, 0) is 26.2 Å². The maximum absolute atomic E-state index is 13.0. The Morgan fingerprint density at radius 3 is 2.91 bits per heavy atom. The number of Topliss-reactive ketones (excluding diaryl/α,β-unsaturated/α-hetero) is 1. The molecule has 0 fully saturated rings. The van der Waals surface area contributed by atoms with E-state index < -0.39 is 42.9 Å². The van der Waals surface area contributed by atoms with Crippen molar-refractivity contribution in [2.45, 2.75) is 31.5 Å². The average Bonchev–Trinajstić information content (AvgIpc) is 2.59. The summed E-state index contributed by atoms with van der Waals surface area (Å²) in [7, 11) is 2.37. The first-order valence-electron chi connectivity index (χ1n) is 9.25. The molecule has 1 aromatic rings. The van der Waals surface area contributed by atoms with Gasteiger partial charge in [0.25, 0.3) is 0 Å². The van der Waals surface area contributed by atoms with Gasteiger partial charge in [0.05, 0.1) is 14.2 Å². The van der Waals surface area contributed by atoms with Gasteiger partial charge in [0, 0.05) is 31.6 Å². The lowest BCUT2D eigenvalue weighted by Gasteiger charge is -2.36. The molecule has 6 nitrogen and oxygen atoms in total. The second-order valence-electron chi connectivity index (χ2n) is 4.89. The predicted octanol–water partition coefficient (Wildman–Crippen LogP) is 1.03. The molecule has 0 saturated carbocycles. The summed E-state index contributed by atoms with van der Waals surface area (Å²) in [5.41, 5.74) is -2.39. The topological polar surface area (TPSA) is 85.7 Å². The number of aryl methyl sites for hydroxylation is 1. The predicted molar refractivity (Wildman–Crippen MR) is 78.7 cm³/mol.